The van der Waals surface area contributed by atoms with Gasteiger partial charge in [-0.2, -0.15) is 0 Å². The zero-order valence-electron chi connectivity index (χ0n) is 9.00. The minimum Gasteiger partial charge on any atom is -0.692 e. The highest BCUT2D eigenvalue weighted by Gasteiger charge is 2.57. The van der Waals surface area contributed by atoms with Gasteiger partial charge in [0, 0.05) is 10.2 Å². The SMILES string of the molecule is O=C(O)C1(N=NC2(C(=O)O)N=NN=[N+]2[O-])N=NN=[N+]1[O-]. The van der Waals surface area contributed by atoms with Crippen LogP contribution >= 0.6 is 0 Å². The Kier molecular flexibility index (Phi) is 2.62. The molecule has 0 aromatic carbocycles. The molecule has 0 aromatic rings. The van der Waals surface area contributed by atoms with Gasteiger partial charge in [-0.25, -0.2) is 9.59 Å². The molecule has 104 valence electrons. The minimum absolute atomic E-state index is 0.549. The third-order valence-electron chi connectivity index (χ3n) is 2.05. The number of carboxylic acid groups (broad SMARTS) is 2. The highest BCUT2D eigenvalue weighted by Crippen LogP contribution is 2.27. The molecular formula is C4H2N10O6. The molecule has 0 bridgehead atoms. The van der Waals surface area contributed by atoms with E-state index in [0.717, 1.165) is 0 Å². The Hall–Kier alpha value is -3.46. The van der Waals surface area contributed by atoms with Crippen molar-refractivity contribution in [2.24, 2.45) is 41.4 Å². The molecule has 16 nitrogen and oxygen atoms in total. The van der Waals surface area contributed by atoms with Gasteiger partial charge in [-0.3, -0.25) is 0 Å². The first-order chi connectivity index (χ1) is 9.35. The summed E-state index contributed by atoms with van der Waals surface area (Å²) in [6.45, 7) is 0. The summed E-state index contributed by atoms with van der Waals surface area (Å²) in [5.41, 5.74) is 0. The molecular weight excluding hydrogens is 284 g/mol. The molecule has 0 spiro atoms. The highest BCUT2D eigenvalue weighted by atomic mass is 16.5. The van der Waals surface area contributed by atoms with E-state index in [4.69, 9.17) is 10.2 Å². The summed E-state index contributed by atoms with van der Waals surface area (Å²) in [5.74, 6) is -9.85. The number of azo groups is 1. The maximum absolute atomic E-state index is 11.2. The molecule has 2 atom stereocenters. The number of hydrogen-bond donors (Lipinski definition) is 2. The van der Waals surface area contributed by atoms with E-state index in [1.807, 2.05) is 0 Å². The van der Waals surface area contributed by atoms with Gasteiger partial charge in [0.2, 0.25) is 10.4 Å². The molecule has 2 rings (SSSR count). The smallest absolute Gasteiger partial charge is 0.474 e. The van der Waals surface area contributed by atoms with Gasteiger partial charge in [-0.15, -0.1) is 0 Å². The topological polar surface area (TPSA) is 226 Å². The quantitative estimate of drug-likeness (QED) is 0.396. The standard InChI is InChI=1S/C4H2N10O6/c15-1(16)3(7-9-11-13(3)19)5-6-4(2(17)18)8-10-12-14(4)20/h(H,15,16)(H,17,18). The largest absolute Gasteiger partial charge is 0.692 e. The van der Waals surface area contributed by atoms with Crippen LogP contribution in [0.2, 0.25) is 0 Å². The van der Waals surface area contributed by atoms with Crippen molar-refractivity contribution in [1.29, 1.82) is 0 Å². The van der Waals surface area contributed by atoms with Gasteiger partial charge in [-0.1, -0.05) is 19.9 Å². The van der Waals surface area contributed by atoms with E-state index in [9.17, 15) is 20.0 Å². The summed E-state index contributed by atoms with van der Waals surface area (Å²) in [4.78, 5) is 20.8. The van der Waals surface area contributed by atoms with E-state index in [-0.39, 0.29) is 0 Å². The van der Waals surface area contributed by atoms with E-state index >= 15 is 0 Å². The molecule has 2 unspecified atom stereocenters. The second-order valence-corrected chi connectivity index (χ2v) is 3.18. The Balaban J connectivity index is 2.47. The molecule has 0 saturated carbocycles. The van der Waals surface area contributed by atoms with Crippen molar-refractivity contribution in [3.05, 3.63) is 10.4 Å². The Bertz CT molecular complexity index is 580. The molecule has 2 heterocycles. The van der Waals surface area contributed by atoms with Crippen LogP contribution in [0.25, 0.3) is 0 Å². The van der Waals surface area contributed by atoms with Crippen LogP contribution in [-0.2, 0) is 9.59 Å². The van der Waals surface area contributed by atoms with Gasteiger partial charge in [0.1, 0.15) is 0 Å². The van der Waals surface area contributed by atoms with E-state index in [2.05, 4.69) is 41.4 Å². The van der Waals surface area contributed by atoms with Gasteiger partial charge >= 0.3 is 23.5 Å². The Labute approximate surface area is 106 Å². The highest BCUT2D eigenvalue weighted by molar-refractivity contribution is 5.77. The number of rotatable bonds is 4. The van der Waals surface area contributed by atoms with Gasteiger partial charge < -0.3 is 20.6 Å². The molecule has 0 aromatic heterocycles. The fraction of sp³-hybridized carbons (Fsp3) is 0.500. The van der Waals surface area contributed by atoms with E-state index in [1.165, 1.54) is 0 Å². The van der Waals surface area contributed by atoms with Crippen LogP contribution in [0.4, 0.5) is 0 Å². The summed E-state index contributed by atoms with van der Waals surface area (Å²) in [7, 11) is 0. The van der Waals surface area contributed by atoms with Crippen molar-refractivity contribution in [2.45, 2.75) is 11.6 Å². The lowest BCUT2D eigenvalue weighted by atomic mass is 10.4. The van der Waals surface area contributed by atoms with Gasteiger partial charge in [0.15, 0.2) is 10.4 Å². The third kappa shape index (κ3) is 1.54. The lowest BCUT2D eigenvalue weighted by Gasteiger charge is -2.16. The molecule has 0 saturated heterocycles. The third-order valence-corrected chi connectivity index (χ3v) is 2.05. The summed E-state index contributed by atoms with van der Waals surface area (Å²) >= 11 is 0. The number of hydroxylamine groups is 2. The van der Waals surface area contributed by atoms with Crippen molar-refractivity contribution >= 4 is 11.9 Å². The van der Waals surface area contributed by atoms with Crippen LogP contribution in [0.15, 0.2) is 41.4 Å². The number of aliphatic carboxylic acids is 2. The van der Waals surface area contributed by atoms with Crippen LogP contribution < -0.4 is 0 Å². The number of carboxylic acids is 2. The van der Waals surface area contributed by atoms with Gasteiger partial charge in [-0.05, 0) is 0 Å². The minimum atomic E-state index is -2.97. The number of nitrogens with zero attached hydrogens (tertiary/aromatic N) is 10. The van der Waals surface area contributed by atoms with Gasteiger partial charge in [0.05, 0.1) is 0 Å². The van der Waals surface area contributed by atoms with Crippen LogP contribution in [-0.4, -0.2) is 43.4 Å². The first-order valence-corrected chi connectivity index (χ1v) is 4.46. The average Bonchev–Trinajstić information content (AvgIpc) is 2.92. The van der Waals surface area contributed by atoms with E-state index in [1.54, 1.807) is 0 Å². The fourth-order valence-corrected chi connectivity index (χ4v) is 1.03. The molecule has 2 aliphatic rings. The first kappa shape index (κ1) is 13.0. The maximum Gasteiger partial charge on any atom is 0.474 e. The molecule has 2 aliphatic heterocycles. The maximum atomic E-state index is 11.2. The van der Waals surface area contributed by atoms with Gasteiger partial charge in [0.25, 0.3) is 0 Å². The Morgan fingerprint density at radius 3 is 1.45 bits per heavy atom. The lowest BCUT2D eigenvalue weighted by Crippen LogP contribution is -2.44. The molecule has 16 heteroatoms. The van der Waals surface area contributed by atoms with Crippen molar-refractivity contribution in [3.63, 3.8) is 0 Å². The summed E-state index contributed by atoms with van der Waals surface area (Å²) in [5, 5.41) is 62.8. The Morgan fingerprint density at radius 1 is 0.900 bits per heavy atom. The second kappa shape index (κ2) is 4.03. The summed E-state index contributed by atoms with van der Waals surface area (Å²) in [6, 6.07) is 0. The van der Waals surface area contributed by atoms with Crippen molar-refractivity contribution in [3.8, 4) is 0 Å². The van der Waals surface area contributed by atoms with E-state index < -0.39 is 33.2 Å². The number of hydrogen-bond acceptors (Lipinski definition) is 12. The zero-order valence-corrected chi connectivity index (χ0v) is 9.00. The van der Waals surface area contributed by atoms with Crippen molar-refractivity contribution in [2.75, 3.05) is 0 Å². The Morgan fingerprint density at radius 2 is 1.25 bits per heavy atom. The first-order valence-electron chi connectivity index (χ1n) is 4.46. The van der Waals surface area contributed by atoms with Crippen LogP contribution in [0.1, 0.15) is 0 Å². The summed E-state index contributed by atoms with van der Waals surface area (Å²) < 4.78 is 0. The van der Waals surface area contributed by atoms with Crippen molar-refractivity contribution < 1.29 is 29.5 Å². The molecule has 0 amide bonds. The van der Waals surface area contributed by atoms with E-state index in [0.29, 0.717) is 0 Å². The second-order valence-electron chi connectivity index (χ2n) is 3.18. The molecule has 20 heavy (non-hydrogen) atoms. The average molecular weight is 286 g/mol. The van der Waals surface area contributed by atoms with Crippen LogP contribution in [0.3, 0.4) is 0 Å². The molecule has 2 N–H and O–H groups in total. The van der Waals surface area contributed by atoms with Crippen LogP contribution in [0.5, 0.6) is 0 Å². The molecule has 0 radical (unpaired) electrons. The monoisotopic (exact) mass is 286 g/mol. The predicted molar refractivity (Wildman–Crippen MR) is 47.4 cm³/mol. The molecule has 0 aliphatic carbocycles. The zero-order chi connectivity index (χ0) is 15.0. The molecule has 0 fully saturated rings. The predicted octanol–water partition coefficient (Wildman–Crippen LogP) is -0.398. The fourth-order valence-electron chi connectivity index (χ4n) is 1.03. The normalized spacial score (nSPS) is 31.6. The van der Waals surface area contributed by atoms with Crippen LogP contribution in [0, 0.1) is 10.4 Å². The number of carbonyl (C=O) groups is 2. The van der Waals surface area contributed by atoms with Crippen molar-refractivity contribution in [1.82, 2.24) is 0 Å². The summed E-state index contributed by atoms with van der Waals surface area (Å²) in [6.07, 6.45) is 0. The lowest BCUT2D eigenvalue weighted by molar-refractivity contribution is -0.595.